The second kappa shape index (κ2) is 7.13. The molecule has 1 aromatic carbocycles. The summed E-state index contributed by atoms with van der Waals surface area (Å²) in [6, 6.07) is 6.04. The van der Waals surface area contributed by atoms with Crippen LogP contribution in [0.3, 0.4) is 0 Å². The Bertz CT molecular complexity index is 581. The van der Waals surface area contributed by atoms with Gasteiger partial charge in [0.2, 0.25) is 0 Å². The summed E-state index contributed by atoms with van der Waals surface area (Å²) in [6.45, 7) is 5.77. The molecule has 5 heteroatoms. The zero-order valence-corrected chi connectivity index (χ0v) is 13.1. The lowest BCUT2D eigenvalue weighted by molar-refractivity contribution is 0.375. The van der Waals surface area contributed by atoms with Gasteiger partial charge >= 0.3 is 0 Å². The van der Waals surface area contributed by atoms with Crippen molar-refractivity contribution in [3.63, 3.8) is 0 Å². The summed E-state index contributed by atoms with van der Waals surface area (Å²) in [5.74, 6) is 1.62. The zero-order valence-electron chi connectivity index (χ0n) is 13.1. The van der Waals surface area contributed by atoms with Gasteiger partial charge in [-0.3, -0.25) is 4.68 Å². The molecule has 1 unspecified atom stereocenters. The Morgan fingerprint density at radius 3 is 2.67 bits per heavy atom. The van der Waals surface area contributed by atoms with Gasteiger partial charge in [-0.25, -0.2) is 0 Å². The molecule has 2 aromatic rings. The molecule has 0 radical (unpaired) electrons. The third-order valence-corrected chi connectivity index (χ3v) is 3.40. The molecule has 114 valence electrons. The maximum Gasteiger partial charge on any atom is 0.127 e. The summed E-state index contributed by atoms with van der Waals surface area (Å²) in [5, 5.41) is 7.85. The first-order valence-corrected chi connectivity index (χ1v) is 7.12. The number of hydrogen-bond donors (Lipinski definition) is 1. The summed E-state index contributed by atoms with van der Waals surface area (Å²) in [7, 11) is 3.34. The van der Waals surface area contributed by atoms with Crippen LogP contribution in [0.25, 0.3) is 0 Å². The van der Waals surface area contributed by atoms with Crippen LogP contribution in [0.5, 0.6) is 11.5 Å². The molecule has 0 saturated heterocycles. The highest BCUT2D eigenvalue weighted by atomic mass is 16.5. The van der Waals surface area contributed by atoms with Gasteiger partial charge in [0.15, 0.2) is 0 Å². The molecular formula is C16H23N3O2. The van der Waals surface area contributed by atoms with E-state index in [1.54, 1.807) is 14.2 Å². The Morgan fingerprint density at radius 1 is 1.29 bits per heavy atom. The molecule has 2 rings (SSSR count). The summed E-state index contributed by atoms with van der Waals surface area (Å²) >= 11 is 0. The molecule has 0 fully saturated rings. The zero-order chi connectivity index (χ0) is 15.2. The van der Waals surface area contributed by atoms with Crippen LogP contribution < -0.4 is 14.8 Å². The van der Waals surface area contributed by atoms with Crippen molar-refractivity contribution in [2.45, 2.75) is 26.4 Å². The molecule has 0 bridgehead atoms. The van der Waals surface area contributed by atoms with E-state index in [9.17, 15) is 0 Å². The van der Waals surface area contributed by atoms with Crippen LogP contribution in [0.2, 0.25) is 0 Å². The average Bonchev–Trinajstić information content (AvgIpc) is 2.91. The number of nitrogens with zero attached hydrogens (tertiary/aromatic N) is 2. The number of benzene rings is 1. The molecule has 21 heavy (non-hydrogen) atoms. The van der Waals surface area contributed by atoms with Crippen molar-refractivity contribution in [3.8, 4) is 11.5 Å². The number of aromatic nitrogens is 2. The van der Waals surface area contributed by atoms with Crippen molar-refractivity contribution in [3.05, 3.63) is 41.7 Å². The first-order valence-electron chi connectivity index (χ1n) is 7.12. The maximum absolute atomic E-state index is 5.51. The molecule has 0 aliphatic carbocycles. The lowest BCUT2D eigenvalue weighted by Gasteiger charge is -2.21. The Morgan fingerprint density at radius 2 is 2.10 bits per heavy atom. The van der Waals surface area contributed by atoms with Crippen molar-refractivity contribution in [1.29, 1.82) is 0 Å². The molecule has 0 aliphatic heterocycles. The number of hydrogen-bond acceptors (Lipinski definition) is 4. The van der Waals surface area contributed by atoms with Crippen molar-refractivity contribution < 1.29 is 9.47 Å². The fraction of sp³-hybridized carbons (Fsp3) is 0.438. The molecule has 1 N–H and O–H groups in total. The Kier molecular flexibility index (Phi) is 5.22. The normalized spacial score (nSPS) is 12.2. The van der Waals surface area contributed by atoms with Crippen LogP contribution in [0.15, 0.2) is 30.6 Å². The van der Waals surface area contributed by atoms with E-state index in [1.165, 1.54) is 0 Å². The Balaban J connectivity index is 2.28. The van der Waals surface area contributed by atoms with Gasteiger partial charge in [-0.2, -0.15) is 5.10 Å². The van der Waals surface area contributed by atoms with Crippen molar-refractivity contribution in [1.82, 2.24) is 15.1 Å². The first kappa shape index (κ1) is 15.4. The quantitative estimate of drug-likeness (QED) is 0.851. The van der Waals surface area contributed by atoms with Crippen molar-refractivity contribution in [2.75, 3.05) is 20.8 Å². The SMILES string of the molecule is CCNC(Cn1cc(C)cn1)c1ccc(OC)cc1OC. The summed E-state index contributed by atoms with van der Waals surface area (Å²) in [4.78, 5) is 0. The van der Waals surface area contributed by atoms with Gasteiger partial charge in [-0.05, 0) is 31.2 Å². The van der Waals surface area contributed by atoms with E-state index >= 15 is 0 Å². The largest absolute Gasteiger partial charge is 0.497 e. The average molecular weight is 289 g/mol. The standard InChI is InChI=1S/C16H23N3O2/c1-5-17-15(11-19-10-12(2)9-18-19)14-7-6-13(20-3)8-16(14)21-4/h6-10,15,17H,5,11H2,1-4H3. The minimum absolute atomic E-state index is 0.134. The van der Waals surface area contributed by atoms with Crippen LogP contribution in [-0.2, 0) is 6.54 Å². The third kappa shape index (κ3) is 3.76. The monoisotopic (exact) mass is 289 g/mol. The molecule has 5 nitrogen and oxygen atoms in total. The van der Waals surface area contributed by atoms with E-state index < -0.39 is 0 Å². The van der Waals surface area contributed by atoms with Crippen LogP contribution in [-0.4, -0.2) is 30.5 Å². The molecule has 1 aromatic heterocycles. The van der Waals surface area contributed by atoms with Gasteiger partial charge in [0.1, 0.15) is 11.5 Å². The van der Waals surface area contributed by atoms with Gasteiger partial charge in [0, 0.05) is 17.8 Å². The second-order valence-corrected chi connectivity index (χ2v) is 4.96. The van der Waals surface area contributed by atoms with Crippen LogP contribution in [0, 0.1) is 6.92 Å². The number of nitrogens with one attached hydrogen (secondary N) is 1. The number of methoxy groups -OCH3 is 2. The molecule has 0 amide bonds. The highest BCUT2D eigenvalue weighted by Crippen LogP contribution is 2.30. The second-order valence-electron chi connectivity index (χ2n) is 4.96. The van der Waals surface area contributed by atoms with E-state index in [0.717, 1.165) is 35.7 Å². The van der Waals surface area contributed by atoms with E-state index in [4.69, 9.17) is 9.47 Å². The number of aryl methyl sites for hydroxylation is 1. The summed E-state index contributed by atoms with van der Waals surface area (Å²) in [5.41, 5.74) is 2.26. The number of likely N-dealkylation sites (N-methyl/N-ethyl adjacent to an activating group) is 1. The summed E-state index contributed by atoms with van der Waals surface area (Å²) in [6.07, 6.45) is 3.91. The molecule has 0 spiro atoms. The fourth-order valence-electron chi connectivity index (χ4n) is 2.38. The first-order chi connectivity index (χ1) is 10.2. The molecule has 1 heterocycles. The van der Waals surface area contributed by atoms with E-state index in [2.05, 4.69) is 17.3 Å². The van der Waals surface area contributed by atoms with Crippen LogP contribution in [0.1, 0.15) is 24.1 Å². The third-order valence-electron chi connectivity index (χ3n) is 3.40. The molecular weight excluding hydrogens is 266 g/mol. The maximum atomic E-state index is 5.51. The smallest absolute Gasteiger partial charge is 0.127 e. The lowest BCUT2D eigenvalue weighted by Crippen LogP contribution is -2.26. The minimum Gasteiger partial charge on any atom is -0.497 e. The van der Waals surface area contributed by atoms with E-state index in [1.807, 2.05) is 42.2 Å². The molecule has 0 aliphatic rings. The summed E-state index contributed by atoms with van der Waals surface area (Å²) < 4.78 is 12.7. The fourth-order valence-corrected chi connectivity index (χ4v) is 2.38. The predicted molar refractivity (Wildman–Crippen MR) is 82.9 cm³/mol. The minimum atomic E-state index is 0.134. The molecule has 1 atom stereocenters. The van der Waals surface area contributed by atoms with Gasteiger partial charge in [-0.15, -0.1) is 0 Å². The van der Waals surface area contributed by atoms with Gasteiger partial charge in [-0.1, -0.05) is 6.92 Å². The topological polar surface area (TPSA) is 48.3 Å². The molecule has 0 saturated carbocycles. The Labute approximate surface area is 125 Å². The van der Waals surface area contributed by atoms with E-state index in [0.29, 0.717) is 0 Å². The predicted octanol–water partition coefficient (Wildman–Crippen LogP) is 2.56. The van der Waals surface area contributed by atoms with Gasteiger partial charge < -0.3 is 14.8 Å². The van der Waals surface area contributed by atoms with Gasteiger partial charge in [0.25, 0.3) is 0 Å². The van der Waals surface area contributed by atoms with Crippen molar-refractivity contribution in [2.24, 2.45) is 0 Å². The number of ether oxygens (including phenoxy) is 2. The Hall–Kier alpha value is -2.01. The van der Waals surface area contributed by atoms with E-state index in [-0.39, 0.29) is 6.04 Å². The lowest BCUT2D eigenvalue weighted by atomic mass is 10.1. The van der Waals surface area contributed by atoms with Crippen molar-refractivity contribution >= 4 is 0 Å². The van der Waals surface area contributed by atoms with Crippen LogP contribution in [0.4, 0.5) is 0 Å². The van der Waals surface area contributed by atoms with Gasteiger partial charge in [0.05, 0.1) is 33.0 Å². The van der Waals surface area contributed by atoms with Crippen LogP contribution >= 0.6 is 0 Å². The number of rotatable bonds is 7. The highest BCUT2D eigenvalue weighted by molar-refractivity contribution is 5.42. The highest BCUT2D eigenvalue weighted by Gasteiger charge is 2.17.